The van der Waals surface area contributed by atoms with Gasteiger partial charge in [-0.25, -0.2) is 9.78 Å². The number of hydrogen-bond acceptors (Lipinski definition) is 4. The van der Waals surface area contributed by atoms with Crippen molar-refractivity contribution >= 4 is 28.6 Å². The maximum Gasteiger partial charge on any atom is 0.573 e. The van der Waals surface area contributed by atoms with Gasteiger partial charge in [-0.2, -0.15) is 0 Å². The molecular formula is C9H7F3INO3. The van der Waals surface area contributed by atoms with Crippen molar-refractivity contribution < 1.29 is 27.4 Å². The number of hydrogen-bond donors (Lipinski definition) is 0. The van der Waals surface area contributed by atoms with Gasteiger partial charge in [0.15, 0.2) is 5.75 Å². The fourth-order valence-electron chi connectivity index (χ4n) is 1.13. The van der Waals surface area contributed by atoms with E-state index in [4.69, 9.17) is 0 Å². The molecular weight excluding hydrogens is 354 g/mol. The topological polar surface area (TPSA) is 48.4 Å². The molecule has 1 rings (SSSR count). The summed E-state index contributed by atoms with van der Waals surface area (Å²) in [5.41, 5.74) is -0.337. The standard InChI is InChI=1S/C9H7F3INO3/c1-4-7(17-9(10,11)12)5(8(15)16-2)3-6(13)14-4/h3H,1-2H3. The monoisotopic (exact) mass is 361 g/mol. The summed E-state index contributed by atoms with van der Waals surface area (Å²) in [5, 5.41) is 0. The molecule has 0 bridgehead atoms. The minimum Gasteiger partial charge on any atom is -0.465 e. The number of alkyl halides is 3. The van der Waals surface area contributed by atoms with E-state index >= 15 is 0 Å². The summed E-state index contributed by atoms with van der Waals surface area (Å²) in [6.45, 7) is 1.32. The molecule has 1 heterocycles. The van der Waals surface area contributed by atoms with Gasteiger partial charge in [-0.3, -0.25) is 0 Å². The van der Waals surface area contributed by atoms with Crippen molar-refractivity contribution in [3.05, 3.63) is 21.0 Å². The molecule has 0 unspecified atom stereocenters. The number of carbonyl (C=O) groups excluding carboxylic acids is 1. The summed E-state index contributed by atoms with van der Waals surface area (Å²) < 4.78 is 45.0. The number of aromatic nitrogens is 1. The summed E-state index contributed by atoms with van der Waals surface area (Å²) in [4.78, 5) is 15.1. The molecule has 0 aromatic carbocycles. The molecule has 0 fully saturated rings. The van der Waals surface area contributed by atoms with Gasteiger partial charge in [0.05, 0.1) is 12.8 Å². The zero-order valence-corrected chi connectivity index (χ0v) is 10.9. The molecule has 94 valence electrons. The van der Waals surface area contributed by atoms with Gasteiger partial charge in [0.1, 0.15) is 9.26 Å². The molecule has 0 aliphatic carbocycles. The van der Waals surface area contributed by atoms with Crippen LogP contribution in [0.5, 0.6) is 5.75 Å². The van der Waals surface area contributed by atoms with Crippen LogP contribution in [-0.2, 0) is 4.74 Å². The average molecular weight is 361 g/mol. The number of halogens is 4. The molecule has 0 spiro atoms. The molecule has 0 N–H and O–H groups in total. The highest BCUT2D eigenvalue weighted by atomic mass is 127. The van der Waals surface area contributed by atoms with Crippen LogP contribution in [0.4, 0.5) is 13.2 Å². The molecule has 8 heteroatoms. The molecule has 0 aliphatic rings. The molecule has 0 amide bonds. The smallest absolute Gasteiger partial charge is 0.465 e. The summed E-state index contributed by atoms with van der Waals surface area (Å²) in [6.07, 6.45) is -4.89. The van der Waals surface area contributed by atoms with Gasteiger partial charge < -0.3 is 9.47 Å². The third kappa shape index (κ3) is 3.72. The van der Waals surface area contributed by atoms with Gasteiger partial charge in [-0.1, -0.05) is 0 Å². The van der Waals surface area contributed by atoms with E-state index in [-0.39, 0.29) is 11.3 Å². The Kier molecular flexibility index (Phi) is 4.17. The average Bonchev–Trinajstić information content (AvgIpc) is 2.19. The second-order valence-corrected chi connectivity index (χ2v) is 4.05. The lowest BCUT2D eigenvalue weighted by Gasteiger charge is -2.14. The lowest BCUT2D eigenvalue weighted by Crippen LogP contribution is -2.20. The highest BCUT2D eigenvalue weighted by Crippen LogP contribution is 2.30. The van der Waals surface area contributed by atoms with Crippen molar-refractivity contribution in [3.63, 3.8) is 0 Å². The molecule has 0 radical (unpaired) electrons. The van der Waals surface area contributed by atoms with Crippen molar-refractivity contribution in [2.45, 2.75) is 13.3 Å². The van der Waals surface area contributed by atoms with Gasteiger partial charge in [0.25, 0.3) is 0 Å². The first-order valence-electron chi connectivity index (χ1n) is 4.26. The van der Waals surface area contributed by atoms with E-state index in [1.165, 1.54) is 13.0 Å². The maximum atomic E-state index is 12.2. The number of carbonyl (C=O) groups is 1. The first kappa shape index (κ1) is 14.0. The Labute approximate surface area is 108 Å². The molecule has 1 aromatic heterocycles. The van der Waals surface area contributed by atoms with Gasteiger partial charge >= 0.3 is 12.3 Å². The number of pyridine rings is 1. The summed E-state index contributed by atoms with van der Waals surface area (Å²) >= 11 is 1.78. The van der Waals surface area contributed by atoms with E-state index in [1.807, 2.05) is 0 Å². The minimum absolute atomic E-state index is 0.0328. The fraction of sp³-hybridized carbons (Fsp3) is 0.333. The molecule has 17 heavy (non-hydrogen) atoms. The van der Waals surface area contributed by atoms with Crippen LogP contribution in [0.1, 0.15) is 16.1 Å². The summed E-state index contributed by atoms with van der Waals surface area (Å²) in [5.74, 6) is -1.54. The fourth-order valence-corrected chi connectivity index (χ4v) is 1.80. The largest absolute Gasteiger partial charge is 0.573 e. The Balaban J connectivity index is 3.30. The Bertz CT molecular complexity index is 448. The van der Waals surface area contributed by atoms with Crippen LogP contribution in [0.3, 0.4) is 0 Å². The van der Waals surface area contributed by atoms with Crippen molar-refractivity contribution in [2.24, 2.45) is 0 Å². The highest BCUT2D eigenvalue weighted by molar-refractivity contribution is 14.1. The van der Waals surface area contributed by atoms with Gasteiger partial charge in [0.2, 0.25) is 0 Å². The van der Waals surface area contributed by atoms with Crippen LogP contribution >= 0.6 is 22.6 Å². The van der Waals surface area contributed by atoms with Crippen LogP contribution in [-0.4, -0.2) is 24.4 Å². The number of ether oxygens (including phenoxy) is 2. The predicted molar refractivity (Wildman–Crippen MR) is 59.7 cm³/mol. The zero-order chi connectivity index (χ0) is 13.2. The van der Waals surface area contributed by atoms with Crippen molar-refractivity contribution in [1.82, 2.24) is 4.98 Å². The van der Waals surface area contributed by atoms with Crippen LogP contribution < -0.4 is 4.74 Å². The van der Waals surface area contributed by atoms with Crippen LogP contribution in [0.2, 0.25) is 0 Å². The summed E-state index contributed by atoms with van der Waals surface area (Å²) in [6, 6.07) is 1.17. The summed E-state index contributed by atoms with van der Waals surface area (Å²) in [7, 11) is 1.07. The third-order valence-electron chi connectivity index (χ3n) is 1.73. The quantitative estimate of drug-likeness (QED) is 0.462. The molecule has 1 aromatic rings. The number of aryl methyl sites for hydroxylation is 1. The number of nitrogens with zero attached hydrogens (tertiary/aromatic N) is 1. The Morgan fingerprint density at radius 2 is 2.06 bits per heavy atom. The van der Waals surface area contributed by atoms with E-state index < -0.39 is 18.1 Å². The second kappa shape index (κ2) is 5.07. The number of methoxy groups -OCH3 is 1. The zero-order valence-electron chi connectivity index (χ0n) is 8.76. The lowest BCUT2D eigenvalue weighted by atomic mass is 10.2. The molecule has 0 aliphatic heterocycles. The molecule has 0 saturated heterocycles. The highest BCUT2D eigenvalue weighted by Gasteiger charge is 2.34. The predicted octanol–water partition coefficient (Wildman–Crippen LogP) is 2.68. The SMILES string of the molecule is COC(=O)c1cc(I)nc(C)c1OC(F)(F)F. The van der Waals surface area contributed by atoms with Crippen LogP contribution in [0.25, 0.3) is 0 Å². The first-order valence-corrected chi connectivity index (χ1v) is 5.33. The van der Waals surface area contributed by atoms with Crippen molar-refractivity contribution in [2.75, 3.05) is 7.11 Å². The normalized spacial score (nSPS) is 11.2. The van der Waals surface area contributed by atoms with E-state index in [2.05, 4.69) is 14.5 Å². The number of rotatable bonds is 2. The van der Waals surface area contributed by atoms with Crippen LogP contribution in [0, 0.1) is 10.6 Å². The first-order chi connectivity index (χ1) is 7.74. The Hall–Kier alpha value is -1.06. The number of esters is 1. The molecule has 0 atom stereocenters. The molecule has 4 nitrogen and oxygen atoms in total. The second-order valence-electron chi connectivity index (χ2n) is 2.95. The third-order valence-corrected chi connectivity index (χ3v) is 2.29. The van der Waals surface area contributed by atoms with Gasteiger partial charge in [-0.05, 0) is 35.6 Å². The Morgan fingerprint density at radius 3 is 2.53 bits per heavy atom. The van der Waals surface area contributed by atoms with Crippen molar-refractivity contribution in [3.8, 4) is 5.75 Å². The minimum atomic E-state index is -4.89. The lowest BCUT2D eigenvalue weighted by molar-refractivity contribution is -0.275. The van der Waals surface area contributed by atoms with Crippen molar-refractivity contribution in [1.29, 1.82) is 0 Å². The Morgan fingerprint density at radius 1 is 1.47 bits per heavy atom. The van der Waals surface area contributed by atoms with E-state index in [1.54, 1.807) is 22.6 Å². The van der Waals surface area contributed by atoms with Gasteiger partial charge in [0, 0.05) is 0 Å². The van der Waals surface area contributed by atoms with E-state index in [0.717, 1.165) is 7.11 Å². The van der Waals surface area contributed by atoms with E-state index in [9.17, 15) is 18.0 Å². The molecule has 0 saturated carbocycles. The van der Waals surface area contributed by atoms with Gasteiger partial charge in [-0.15, -0.1) is 13.2 Å². The van der Waals surface area contributed by atoms with Crippen LogP contribution in [0.15, 0.2) is 6.07 Å². The maximum absolute atomic E-state index is 12.2. The van der Waals surface area contributed by atoms with E-state index in [0.29, 0.717) is 3.70 Å².